The summed E-state index contributed by atoms with van der Waals surface area (Å²) in [6, 6.07) is 12.5. The van der Waals surface area contributed by atoms with Gasteiger partial charge in [-0.15, -0.1) is 11.3 Å². The molecular weight excluding hydrogens is 228 g/mol. The molecule has 0 amide bonds. The van der Waals surface area contributed by atoms with Crippen molar-refractivity contribution in [3.05, 3.63) is 59.0 Å². The van der Waals surface area contributed by atoms with Crippen LogP contribution in [0.2, 0.25) is 0 Å². The van der Waals surface area contributed by atoms with E-state index in [0.717, 1.165) is 12.2 Å². The molecule has 3 rings (SSSR count). The number of nitrogens with zero attached hydrogens (tertiary/aromatic N) is 1. The lowest BCUT2D eigenvalue weighted by Crippen LogP contribution is -1.97. The van der Waals surface area contributed by atoms with E-state index < -0.39 is 0 Å². The van der Waals surface area contributed by atoms with Crippen molar-refractivity contribution in [1.29, 1.82) is 0 Å². The molecular formula is C14H12N2S. The largest absolute Gasteiger partial charge is 0.380 e. The van der Waals surface area contributed by atoms with Gasteiger partial charge in [-0.2, -0.15) is 0 Å². The number of pyridine rings is 1. The third-order valence-corrected chi connectivity index (χ3v) is 3.59. The van der Waals surface area contributed by atoms with Gasteiger partial charge in [-0.25, -0.2) is 0 Å². The number of hydrogen-bond donors (Lipinski definition) is 1. The van der Waals surface area contributed by atoms with Gasteiger partial charge in [0.1, 0.15) is 0 Å². The zero-order valence-corrected chi connectivity index (χ0v) is 10.1. The highest BCUT2D eigenvalue weighted by molar-refractivity contribution is 7.09. The maximum atomic E-state index is 4.18. The number of nitrogens with one attached hydrogen (secondary N) is 1. The molecule has 0 bridgehead atoms. The first kappa shape index (κ1) is 10.3. The first-order valence-electron chi connectivity index (χ1n) is 5.52. The number of rotatable bonds is 3. The molecule has 1 aromatic carbocycles. The third-order valence-electron chi connectivity index (χ3n) is 2.72. The molecule has 0 spiro atoms. The molecule has 0 atom stereocenters. The molecule has 1 N–H and O–H groups in total. The van der Waals surface area contributed by atoms with E-state index in [1.54, 1.807) is 11.3 Å². The molecule has 0 fully saturated rings. The zero-order valence-electron chi connectivity index (χ0n) is 9.26. The lowest BCUT2D eigenvalue weighted by molar-refractivity contribution is 1.20. The molecule has 0 saturated heterocycles. The third kappa shape index (κ3) is 2.15. The topological polar surface area (TPSA) is 24.9 Å². The number of thiophene rings is 1. The van der Waals surface area contributed by atoms with Crippen molar-refractivity contribution < 1.29 is 0 Å². The molecule has 84 valence electrons. The Kier molecular flexibility index (Phi) is 2.76. The number of fused-ring (bicyclic) bond motifs is 1. The normalized spacial score (nSPS) is 10.6. The molecule has 3 aromatic rings. The van der Waals surface area contributed by atoms with Gasteiger partial charge in [-0.05, 0) is 29.0 Å². The summed E-state index contributed by atoms with van der Waals surface area (Å²) in [7, 11) is 0. The van der Waals surface area contributed by atoms with Crippen LogP contribution in [0.5, 0.6) is 0 Å². The van der Waals surface area contributed by atoms with Gasteiger partial charge < -0.3 is 5.32 Å². The van der Waals surface area contributed by atoms with Crippen LogP contribution in [0, 0.1) is 0 Å². The van der Waals surface area contributed by atoms with Crippen LogP contribution in [0.1, 0.15) is 4.88 Å². The van der Waals surface area contributed by atoms with Crippen molar-refractivity contribution in [2.45, 2.75) is 6.54 Å². The monoisotopic (exact) mass is 240 g/mol. The number of anilines is 1. The van der Waals surface area contributed by atoms with E-state index in [-0.39, 0.29) is 0 Å². The Hall–Kier alpha value is -1.87. The number of hydrogen-bond acceptors (Lipinski definition) is 3. The van der Waals surface area contributed by atoms with Crippen molar-refractivity contribution in [3.63, 3.8) is 0 Å². The van der Waals surface area contributed by atoms with Gasteiger partial charge in [0.05, 0.1) is 0 Å². The van der Waals surface area contributed by atoms with Crippen molar-refractivity contribution in [2.75, 3.05) is 5.32 Å². The maximum Gasteiger partial charge on any atom is 0.0494 e. The summed E-state index contributed by atoms with van der Waals surface area (Å²) in [6.07, 6.45) is 3.73. The molecule has 2 nitrogen and oxygen atoms in total. The van der Waals surface area contributed by atoms with Gasteiger partial charge in [-0.1, -0.05) is 18.2 Å². The van der Waals surface area contributed by atoms with Crippen LogP contribution in [0.15, 0.2) is 54.2 Å². The Morgan fingerprint density at radius 2 is 2.12 bits per heavy atom. The average molecular weight is 240 g/mol. The smallest absolute Gasteiger partial charge is 0.0494 e. The van der Waals surface area contributed by atoms with Gasteiger partial charge in [0, 0.05) is 34.9 Å². The summed E-state index contributed by atoms with van der Waals surface area (Å²) < 4.78 is 0. The Bertz CT molecular complexity index is 612. The molecule has 0 saturated carbocycles. The maximum absolute atomic E-state index is 4.18. The minimum absolute atomic E-state index is 0.867. The fraction of sp³-hybridized carbons (Fsp3) is 0.0714. The molecule has 0 radical (unpaired) electrons. The van der Waals surface area contributed by atoms with Crippen molar-refractivity contribution in [3.8, 4) is 0 Å². The van der Waals surface area contributed by atoms with E-state index in [0.29, 0.717) is 0 Å². The SMILES string of the molecule is c1csc(CNc2cccc3ccncc23)c1. The van der Waals surface area contributed by atoms with Crippen LogP contribution >= 0.6 is 11.3 Å². The highest BCUT2D eigenvalue weighted by Crippen LogP contribution is 2.23. The van der Waals surface area contributed by atoms with Crippen LogP contribution in [-0.4, -0.2) is 4.98 Å². The summed E-state index contributed by atoms with van der Waals surface area (Å²) in [4.78, 5) is 5.52. The van der Waals surface area contributed by atoms with Gasteiger partial charge >= 0.3 is 0 Å². The molecule has 0 aliphatic heterocycles. The molecule has 2 aromatic heterocycles. The van der Waals surface area contributed by atoms with E-state index in [4.69, 9.17) is 0 Å². The van der Waals surface area contributed by atoms with Crippen LogP contribution < -0.4 is 5.32 Å². The standard InChI is InChI=1S/C14H12N2S/c1-3-11-6-7-15-10-13(11)14(5-1)16-9-12-4-2-8-17-12/h1-8,10,16H,9H2. The van der Waals surface area contributed by atoms with Gasteiger partial charge in [0.25, 0.3) is 0 Å². The quantitative estimate of drug-likeness (QED) is 0.750. The summed E-state index contributed by atoms with van der Waals surface area (Å²) in [5, 5.41) is 7.95. The van der Waals surface area contributed by atoms with Gasteiger partial charge in [0.15, 0.2) is 0 Å². The second kappa shape index (κ2) is 4.55. The number of benzene rings is 1. The highest BCUT2D eigenvalue weighted by Gasteiger charge is 2.00. The minimum Gasteiger partial charge on any atom is -0.380 e. The predicted octanol–water partition coefficient (Wildman–Crippen LogP) is 3.91. The number of aromatic nitrogens is 1. The molecule has 3 heteroatoms. The van der Waals surface area contributed by atoms with E-state index in [2.05, 4.69) is 46.0 Å². The summed E-state index contributed by atoms with van der Waals surface area (Å²) in [6.45, 7) is 0.867. The van der Waals surface area contributed by atoms with E-state index in [9.17, 15) is 0 Å². The lowest BCUT2D eigenvalue weighted by Gasteiger charge is -2.08. The van der Waals surface area contributed by atoms with Crippen LogP contribution in [0.4, 0.5) is 5.69 Å². The predicted molar refractivity (Wildman–Crippen MR) is 73.4 cm³/mol. The Labute approximate surface area is 104 Å². The minimum atomic E-state index is 0.867. The first-order chi connectivity index (χ1) is 8.43. The molecule has 2 heterocycles. The fourth-order valence-corrected chi connectivity index (χ4v) is 2.51. The van der Waals surface area contributed by atoms with Gasteiger partial charge in [0.2, 0.25) is 0 Å². The zero-order chi connectivity index (χ0) is 11.5. The van der Waals surface area contributed by atoms with Crippen LogP contribution in [0.3, 0.4) is 0 Å². The molecule has 0 aliphatic carbocycles. The van der Waals surface area contributed by atoms with Crippen molar-refractivity contribution >= 4 is 27.8 Å². The van der Waals surface area contributed by atoms with Gasteiger partial charge in [-0.3, -0.25) is 4.98 Å². The molecule has 17 heavy (non-hydrogen) atoms. The van der Waals surface area contributed by atoms with E-state index in [1.165, 1.54) is 15.6 Å². The lowest BCUT2D eigenvalue weighted by atomic mass is 10.1. The summed E-state index contributed by atoms with van der Waals surface area (Å²) in [5.74, 6) is 0. The van der Waals surface area contributed by atoms with E-state index in [1.807, 2.05) is 18.5 Å². The van der Waals surface area contributed by atoms with E-state index >= 15 is 0 Å². The van der Waals surface area contributed by atoms with Crippen LogP contribution in [-0.2, 0) is 6.54 Å². The Morgan fingerprint density at radius 3 is 3.00 bits per heavy atom. The second-order valence-corrected chi connectivity index (χ2v) is 4.87. The Morgan fingerprint density at radius 1 is 1.12 bits per heavy atom. The van der Waals surface area contributed by atoms with Crippen molar-refractivity contribution in [1.82, 2.24) is 4.98 Å². The first-order valence-corrected chi connectivity index (χ1v) is 6.40. The highest BCUT2D eigenvalue weighted by atomic mass is 32.1. The Balaban J connectivity index is 1.90. The second-order valence-electron chi connectivity index (χ2n) is 3.84. The molecule has 0 unspecified atom stereocenters. The summed E-state index contributed by atoms with van der Waals surface area (Å²) in [5.41, 5.74) is 1.14. The average Bonchev–Trinajstić information content (AvgIpc) is 2.89. The molecule has 0 aliphatic rings. The van der Waals surface area contributed by atoms with Crippen LogP contribution in [0.25, 0.3) is 10.8 Å². The fourth-order valence-electron chi connectivity index (χ4n) is 1.86. The van der Waals surface area contributed by atoms with Crippen molar-refractivity contribution in [2.24, 2.45) is 0 Å². The summed E-state index contributed by atoms with van der Waals surface area (Å²) >= 11 is 1.77.